The highest BCUT2D eigenvalue weighted by atomic mass is 35.5. The largest absolute Gasteiger partial charge is 0.345 e. The van der Waals surface area contributed by atoms with Gasteiger partial charge in [0.1, 0.15) is 11.5 Å². The fourth-order valence-electron chi connectivity index (χ4n) is 2.93. The van der Waals surface area contributed by atoms with Gasteiger partial charge in [0.15, 0.2) is 6.29 Å². The van der Waals surface area contributed by atoms with Crippen LogP contribution in [0.1, 0.15) is 10.4 Å². The molecule has 1 N–H and O–H groups in total. The van der Waals surface area contributed by atoms with Crippen molar-refractivity contribution in [1.82, 2.24) is 9.97 Å². The monoisotopic (exact) mass is 350 g/mol. The van der Waals surface area contributed by atoms with Gasteiger partial charge < -0.3 is 4.98 Å². The Balaban J connectivity index is 1.95. The van der Waals surface area contributed by atoms with E-state index in [0.29, 0.717) is 21.8 Å². The molecule has 5 heteroatoms. The number of carbonyl (C=O) groups is 1. The Morgan fingerprint density at radius 1 is 1.04 bits per heavy atom. The quantitative estimate of drug-likeness (QED) is 0.496. The third kappa shape index (κ3) is 2.81. The molecule has 0 unspecified atom stereocenters. The molecule has 0 atom stereocenters. The average Bonchev–Trinajstić information content (AvgIpc) is 3.04. The minimum Gasteiger partial charge on any atom is -0.345 e. The van der Waals surface area contributed by atoms with Crippen molar-refractivity contribution in [1.29, 1.82) is 0 Å². The molecule has 2 aromatic heterocycles. The van der Waals surface area contributed by atoms with E-state index in [0.717, 1.165) is 28.4 Å². The van der Waals surface area contributed by atoms with E-state index < -0.39 is 0 Å². The molecule has 122 valence electrons. The van der Waals surface area contributed by atoms with Crippen LogP contribution in [0.25, 0.3) is 33.3 Å². The van der Waals surface area contributed by atoms with Crippen molar-refractivity contribution in [2.24, 2.45) is 0 Å². The summed E-state index contributed by atoms with van der Waals surface area (Å²) in [6, 6.07) is 13.7. The molecule has 2 aromatic carbocycles. The van der Waals surface area contributed by atoms with Gasteiger partial charge in [0.2, 0.25) is 0 Å². The van der Waals surface area contributed by atoms with Crippen molar-refractivity contribution in [2.75, 3.05) is 0 Å². The van der Waals surface area contributed by atoms with E-state index in [1.807, 2.05) is 18.2 Å². The molecule has 0 amide bonds. The lowest BCUT2D eigenvalue weighted by Gasteiger charge is -2.11. The molecule has 0 aliphatic heterocycles. The molecule has 4 rings (SSSR count). The van der Waals surface area contributed by atoms with Crippen molar-refractivity contribution < 1.29 is 9.18 Å². The summed E-state index contributed by atoms with van der Waals surface area (Å²) in [5.41, 5.74) is 4.31. The van der Waals surface area contributed by atoms with Crippen LogP contribution in [-0.2, 0) is 0 Å². The first kappa shape index (κ1) is 15.5. The molecular weight excluding hydrogens is 339 g/mol. The maximum absolute atomic E-state index is 13.9. The number of nitrogens with one attached hydrogen (secondary N) is 1. The van der Waals surface area contributed by atoms with Gasteiger partial charge in [-0.15, -0.1) is 0 Å². The number of pyridine rings is 1. The predicted molar refractivity (Wildman–Crippen MR) is 97.3 cm³/mol. The van der Waals surface area contributed by atoms with Crippen LogP contribution in [0.15, 0.2) is 60.9 Å². The lowest BCUT2D eigenvalue weighted by atomic mass is 9.95. The Labute approximate surface area is 148 Å². The van der Waals surface area contributed by atoms with Crippen LogP contribution in [0, 0.1) is 5.82 Å². The maximum atomic E-state index is 13.9. The zero-order chi connectivity index (χ0) is 17.4. The van der Waals surface area contributed by atoms with Crippen LogP contribution >= 0.6 is 11.6 Å². The lowest BCUT2D eigenvalue weighted by molar-refractivity contribution is 0.112. The van der Waals surface area contributed by atoms with Crippen LogP contribution < -0.4 is 0 Å². The van der Waals surface area contributed by atoms with Crippen LogP contribution in [0.5, 0.6) is 0 Å². The van der Waals surface area contributed by atoms with E-state index in [2.05, 4.69) is 9.97 Å². The number of aromatic amines is 1. The highest BCUT2D eigenvalue weighted by Crippen LogP contribution is 2.34. The fourth-order valence-corrected chi connectivity index (χ4v) is 3.12. The summed E-state index contributed by atoms with van der Waals surface area (Å²) in [6.45, 7) is 0. The molecule has 25 heavy (non-hydrogen) atoms. The third-order valence-corrected chi connectivity index (χ3v) is 4.35. The van der Waals surface area contributed by atoms with Crippen molar-refractivity contribution in [3.8, 4) is 22.3 Å². The number of benzene rings is 2. The molecule has 0 radical (unpaired) electrons. The minimum atomic E-state index is -0.331. The van der Waals surface area contributed by atoms with Gasteiger partial charge in [0.05, 0.1) is 0 Å². The summed E-state index contributed by atoms with van der Waals surface area (Å²) < 4.78 is 13.9. The van der Waals surface area contributed by atoms with Gasteiger partial charge in [-0.1, -0.05) is 29.8 Å². The number of H-pyrrole nitrogens is 1. The standard InChI is InChI=1S/C20H12ClFN2O/c21-15-3-1-2-12(6-15)18-8-16(22)4-5-17(18)13-7-19-14(11-25)10-24-20(19)23-9-13/h1-11H,(H,23,24). The summed E-state index contributed by atoms with van der Waals surface area (Å²) in [6.07, 6.45) is 4.11. The SMILES string of the molecule is O=Cc1c[nH]c2ncc(-c3ccc(F)cc3-c3cccc(Cl)c3)cc12. The Bertz CT molecular complexity index is 1100. The van der Waals surface area contributed by atoms with E-state index in [-0.39, 0.29) is 5.82 Å². The summed E-state index contributed by atoms with van der Waals surface area (Å²) in [7, 11) is 0. The minimum absolute atomic E-state index is 0.331. The average molecular weight is 351 g/mol. The normalized spacial score (nSPS) is 11.0. The molecule has 0 saturated heterocycles. The van der Waals surface area contributed by atoms with Crippen LogP contribution in [-0.4, -0.2) is 16.3 Å². The zero-order valence-electron chi connectivity index (χ0n) is 13.0. The molecule has 4 aromatic rings. The molecule has 0 spiro atoms. The molecule has 0 saturated carbocycles. The first-order valence-corrected chi connectivity index (χ1v) is 8.01. The number of hydrogen-bond acceptors (Lipinski definition) is 2. The van der Waals surface area contributed by atoms with Gasteiger partial charge >= 0.3 is 0 Å². The van der Waals surface area contributed by atoms with E-state index in [1.54, 1.807) is 30.6 Å². The van der Waals surface area contributed by atoms with Crippen LogP contribution in [0.2, 0.25) is 5.02 Å². The number of nitrogens with zero attached hydrogens (tertiary/aromatic N) is 1. The van der Waals surface area contributed by atoms with Gasteiger partial charge in [-0.2, -0.15) is 0 Å². The van der Waals surface area contributed by atoms with Gasteiger partial charge in [-0.05, 0) is 47.0 Å². The second-order valence-electron chi connectivity index (χ2n) is 5.68. The highest BCUT2D eigenvalue weighted by molar-refractivity contribution is 6.30. The van der Waals surface area contributed by atoms with E-state index in [9.17, 15) is 9.18 Å². The molecule has 0 fully saturated rings. The molecule has 0 aliphatic carbocycles. The number of rotatable bonds is 3. The predicted octanol–water partition coefficient (Wildman–Crippen LogP) is 5.50. The number of halogens is 2. The summed E-state index contributed by atoms with van der Waals surface area (Å²) in [5, 5.41) is 1.31. The molecule has 2 heterocycles. The second-order valence-corrected chi connectivity index (χ2v) is 6.12. The molecular formula is C20H12ClFN2O. The first-order valence-electron chi connectivity index (χ1n) is 7.64. The van der Waals surface area contributed by atoms with Crippen molar-refractivity contribution in [3.05, 3.63) is 77.3 Å². The third-order valence-electron chi connectivity index (χ3n) is 4.12. The Hall–Kier alpha value is -2.98. The van der Waals surface area contributed by atoms with Gasteiger partial charge in [0.25, 0.3) is 0 Å². The van der Waals surface area contributed by atoms with Crippen molar-refractivity contribution in [3.63, 3.8) is 0 Å². The number of hydrogen-bond donors (Lipinski definition) is 1. The van der Waals surface area contributed by atoms with Gasteiger partial charge in [0, 0.05) is 33.9 Å². The van der Waals surface area contributed by atoms with Gasteiger partial charge in [-0.25, -0.2) is 9.37 Å². The maximum Gasteiger partial charge on any atom is 0.152 e. The number of aldehydes is 1. The summed E-state index contributed by atoms with van der Waals surface area (Å²) in [5.74, 6) is -0.331. The number of aromatic nitrogens is 2. The molecule has 3 nitrogen and oxygen atoms in total. The number of carbonyl (C=O) groups excluding carboxylic acids is 1. The Morgan fingerprint density at radius 3 is 2.72 bits per heavy atom. The van der Waals surface area contributed by atoms with E-state index in [4.69, 9.17) is 11.6 Å². The molecule has 0 aliphatic rings. The van der Waals surface area contributed by atoms with E-state index >= 15 is 0 Å². The number of fused-ring (bicyclic) bond motifs is 1. The second kappa shape index (κ2) is 6.15. The smallest absolute Gasteiger partial charge is 0.152 e. The summed E-state index contributed by atoms with van der Waals surface area (Å²) >= 11 is 6.09. The highest BCUT2D eigenvalue weighted by Gasteiger charge is 2.12. The Kier molecular flexibility index (Phi) is 3.82. The van der Waals surface area contributed by atoms with Crippen LogP contribution in [0.3, 0.4) is 0 Å². The van der Waals surface area contributed by atoms with Gasteiger partial charge in [-0.3, -0.25) is 4.79 Å². The first-order chi connectivity index (χ1) is 12.2. The van der Waals surface area contributed by atoms with Crippen molar-refractivity contribution >= 4 is 28.9 Å². The molecule has 0 bridgehead atoms. The fraction of sp³-hybridized carbons (Fsp3) is 0. The van der Waals surface area contributed by atoms with Crippen molar-refractivity contribution in [2.45, 2.75) is 0 Å². The zero-order valence-corrected chi connectivity index (χ0v) is 13.7. The topological polar surface area (TPSA) is 45.8 Å². The lowest BCUT2D eigenvalue weighted by Crippen LogP contribution is -1.89. The summed E-state index contributed by atoms with van der Waals surface area (Å²) in [4.78, 5) is 18.5. The van der Waals surface area contributed by atoms with E-state index in [1.165, 1.54) is 12.1 Å². The Morgan fingerprint density at radius 2 is 1.92 bits per heavy atom. The van der Waals surface area contributed by atoms with Crippen LogP contribution in [0.4, 0.5) is 4.39 Å².